The highest BCUT2D eigenvalue weighted by Crippen LogP contribution is 2.15. The van der Waals surface area contributed by atoms with E-state index in [4.69, 9.17) is 16.3 Å². The number of pyridine rings is 1. The van der Waals surface area contributed by atoms with E-state index in [1.807, 2.05) is 41.9 Å². The van der Waals surface area contributed by atoms with Gasteiger partial charge in [-0.25, -0.2) is 9.78 Å². The number of esters is 1. The summed E-state index contributed by atoms with van der Waals surface area (Å²) in [6.07, 6.45) is 3.86. The van der Waals surface area contributed by atoms with Crippen molar-refractivity contribution in [1.82, 2.24) is 14.8 Å². The lowest BCUT2D eigenvalue weighted by molar-refractivity contribution is 0.0471. The van der Waals surface area contributed by atoms with E-state index in [0.717, 1.165) is 16.8 Å². The van der Waals surface area contributed by atoms with E-state index >= 15 is 0 Å². The Bertz CT molecular complexity index is 845. The molecule has 0 spiro atoms. The second-order valence-electron chi connectivity index (χ2n) is 5.57. The van der Waals surface area contributed by atoms with Gasteiger partial charge < -0.3 is 4.74 Å². The third-order valence-corrected chi connectivity index (χ3v) is 4.06. The van der Waals surface area contributed by atoms with E-state index in [9.17, 15) is 4.79 Å². The van der Waals surface area contributed by atoms with Crippen LogP contribution < -0.4 is 0 Å². The molecular formula is C19H18ClN3O2. The number of hydrogen-bond acceptors (Lipinski definition) is 4. The molecule has 1 aromatic carbocycles. The quantitative estimate of drug-likeness (QED) is 0.497. The SMILES string of the molecule is CCc1c(C(=O)OCc2ccc(Cl)nc2)cnn1Cc1ccccc1. The maximum atomic E-state index is 12.4. The fourth-order valence-electron chi connectivity index (χ4n) is 2.57. The number of halogens is 1. The average molecular weight is 356 g/mol. The van der Waals surface area contributed by atoms with Crippen molar-refractivity contribution in [1.29, 1.82) is 0 Å². The van der Waals surface area contributed by atoms with Gasteiger partial charge in [0.1, 0.15) is 17.3 Å². The molecule has 3 aromatic rings. The molecule has 0 N–H and O–H groups in total. The van der Waals surface area contributed by atoms with Crippen LogP contribution in [0.15, 0.2) is 54.9 Å². The van der Waals surface area contributed by atoms with Crippen LogP contribution >= 0.6 is 11.6 Å². The van der Waals surface area contributed by atoms with Gasteiger partial charge in [-0.1, -0.05) is 54.9 Å². The molecule has 0 bridgehead atoms. The molecule has 0 radical (unpaired) electrons. The minimum atomic E-state index is -0.383. The fraction of sp³-hybridized carbons (Fsp3) is 0.211. The first kappa shape index (κ1) is 17.2. The van der Waals surface area contributed by atoms with Crippen molar-refractivity contribution in [2.45, 2.75) is 26.5 Å². The first-order valence-corrected chi connectivity index (χ1v) is 8.41. The monoisotopic (exact) mass is 355 g/mol. The van der Waals surface area contributed by atoms with Gasteiger partial charge in [0.25, 0.3) is 0 Å². The van der Waals surface area contributed by atoms with E-state index in [0.29, 0.717) is 23.7 Å². The molecule has 0 aliphatic heterocycles. The highest BCUT2D eigenvalue weighted by Gasteiger charge is 2.18. The number of benzene rings is 1. The summed E-state index contributed by atoms with van der Waals surface area (Å²) in [4.78, 5) is 16.4. The molecule has 6 heteroatoms. The molecule has 5 nitrogen and oxygen atoms in total. The minimum Gasteiger partial charge on any atom is -0.457 e. The second-order valence-corrected chi connectivity index (χ2v) is 5.95. The van der Waals surface area contributed by atoms with E-state index in [2.05, 4.69) is 10.1 Å². The zero-order valence-corrected chi connectivity index (χ0v) is 14.6. The van der Waals surface area contributed by atoms with Gasteiger partial charge >= 0.3 is 5.97 Å². The van der Waals surface area contributed by atoms with Gasteiger partial charge in [-0.2, -0.15) is 5.10 Å². The summed E-state index contributed by atoms with van der Waals surface area (Å²) in [7, 11) is 0. The lowest BCUT2D eigenvalue weighted by Gasteiger charge is -2.08. The summed E-state index contributed by atoms with van der Waals surface area (Å²) >= 11 is 5.75. The van der Waals surface area contributed by atoms with E-state index in [1.165, 1.54) is 0 Å². The Kier molecular flexibility index (Phi) is 5.46. The molecule has 0 amide bonds. The molecule has 0 atom stereocenters. The smallest absolute Gasteiger partial charge is 0.341 e. The minimum absolute atomic E-state index is 0.149. The first-order valence-electron chi connectivity index (χ1n) is 8.03. The van der Waals surface area contributed by atoms with Gasteiger partial charge in [0.05, 0.1) is 18.4 Å². The fourth-order valence-corrected chi connectivity index (χ4v) is 2.68. The molecule has 0 unspecified atom stereocenters. The zero-order valence-electron chi connectivity index (χ0n) is 13.9. The van der Waals surface area contributed by atoms with Crippen LogP contribution in [0.4, 0.5) is 0 Å². The Morgan fingerprint density at radius 2 is 1.92 bits per heavy atom. The maximum absolute atomic E-state index is 12.4. The summed E-state index contributed by atoms with van der Waals surface area (Å²) in [5.74, 6) is -0.383. The molecular weight excluding hydrogens is 338 g/mol. The zero-order chi connectivity index (χ0) is 17.6. The van der Waals surface area contributed by atoms with Crippen LogP contribution in [0.1, 0.15) is 34.1 Å². The molecule has 3 rings (SSSR count). The van der Waals surface area contributed by atoms with E-state index in [-0.39, 0.29) is 12.6 Å². The molecule has 2 heterocycles. The van der Waals surface area contributed by atoms with Crippen molar-refractivity contribution < 1.29 is 9.53 Å². The maximum Gasteiger partial charge on any atom is 0.341 e. The van der Waals surface area contributed by atoms with Crippen LogP contribution in [-0.2, 0) is 24.3 Å². The van der Waals surface area contributed by atoms with Crippen LogP contribution in [-0.4, -0.2) is 20.7 Å². The largest absolute Gasteiger partial charge is 0.457 e. The van der Waals surface area contributed by atoms with Crippen molar-refractivity contribution in [3.63, 3.8) is 0 Å². The third-order valence-electron chi connectivity index (χ3n) is 3.84. The van der Waals surface area contributed by atoms with Gasteiger partial charge in [-0.15, -0.1) is 0 Å². The van der Waals surface area contributed by atoms with Crippen LogP contribution in [0.25, 0.3) is 0 Å². The third kappa shape index (κ3) is 4.25. The second kappa shape index (κ2) is 7.94. The highest BCUT2D eigenvalue weighted by atomic mass is 35.5. The molecule has 2 aromatic heterocycles. The lowest BCUT2D eigenvalue weighted by Crippen LogP contribution is -2.11. The summed E-state index contributed by atoms with van der Waals surface area (Å²) < 4.78 is 7.23. The van der Waals surface area contributed by atoms with Crippen LogP contribution in [0, 0.1) is 0 Å². The molecule has 0 saturated heterocycles. The predicted molar refractivity (Wildman–Crippen MR) is 95.5 cm³/mol. The Morgan fingerprint density at radius 1 is 1.12 bits per heavy atom. The van der Waals surface area contributed by atoms with Crippen molar-refractivity contribution in [3.05, 3.63) is 82.4 Å². The Hall–Kier alpha value is -2.66. The highest BCUT2D eigenvalue weighted by molar-refractivity contribution is 6.29. The van der Waals surface area contributed by atoms with Gasteiger partial charge in [0.15, 0.2) is 0 Å². The van der Waals surface area contributed by atoms with Gasteiger partial charge in [0.2, 0.25) is 0 Å². The number of rotatable bonds is 6. The molecule has 0 saturated carbocycles. The first-order chi connectivity index (χ1) is 12.2. The summed E-state index contributed by atoms with van der Waals surface area (Å²) in [6.45, 7) is 2.77. The van der Waals surface area contributed by atoms with Gasteiger partial charge in [0, 0.05) is 11.8 Å². The molecule has 25 heavy (non-hydrogen) atoms. The van der Waals surface area contributed by atoms with Crippen molar-refractivity contribution >= 4 is 17.6 Å². The normalized spacial score (nSPS) is 10.6. The number of aromatic nitrogens is 3. The molecule has 0 fully saturated rings. The Morgan fingerprint density at radius 3 is 2.60 bits per heavy atom. The van der Waals surface area contributed by atoms with Crippen molar-refractivity contribution in [2.75, 3.05) is 0 Å². The Balaban J connectivity index is 1.71. The number of carbonyl (C=O) groups is 1. The topological polar surface area (TPSA) is 57.0 Å². The van der Waals surface area contributed by atoms with Crippen LogP contribution in [0.3, 0.4) is 0 Å². The molecule has 0 aliphatic rings. The van der Waals surface area contributed by atoms with E-state index in [1.54, 1.807) is 24.5 Å². The van der Waals surface area contributed by atoms with Gasteiger partial charge in [-0.3, -0.25) is 4.68 Å². The number of hydrogen-bond donors (Lipinski definition) is 0. The summed E-state index contributed by atoms with van der Waals surface area (Å²) in [5, 5.41) is 4.76. The van der Waals surface area contributed by atoms with Crippen molar-refractivity contribution in [3.8, 4) is 0 Å². The lowest BCUT2D eigenvalue weighted by atomic mass is 10.2. The Labute approximate surface area is 151 Å². The number of carbonyl (C=O) groups excluding carboxylic acids is 1. The predicted octanol–water partition coefficient (Wildman–Crippen LogP) is 3.90. The summed E-state index contributed by atoms with van der Waals surface area (Å²) in [6, 6.07) is 13.5. The number of ether oxygens (including phenoxy) is 1. The summed E-state index contributed by atoms with van der Waals surface area (Å²) in [5.41, 5.74) is 3.28. The van der Waals surface area contributed by atoms with E-state index < -0.39 is 0 Å². The molecule has 128 valence electrons. The van der Waals surface area contributed by atoms with Crippen LogP contribution in [0.2, 0.25) is 5.15 Å². The van der Waals surface area contributed by atoms with Crippen molar-refractivity contribution in [2.24, 2.45) is 0 Å². The van der Waals surface area contributed by atoms with Gasteiger partial charge in [-0.05, 0) is 18.1 Å². The number of nitrogens with zero attached hydrogens (tertiary/aromatic N) is 3. The van der Waals surface area contributed by atoms with Crippen LogP contribution in [0.5, 0.6) is 0 Å². The molecule has 0 aliphatic carbocycles. The average Bonchev–Trinajstić information content (AvgIpc) is 3.04. The standard InChI is InChI=1S/C19H18ClN3O2/c1-2-17-16(11-22-23(17)12-14-6-4-3-5-7-14)19(24)25-13-15-8-9-18(20)21-10-15/h3-11H,2,12-13H2,1H3.